The van der Waals surface area contributed by atoms with Crippen molar-refractivity contribution >= 4 is 17.6 Å². The predicted octanol–water partition coefficient (Wildman–Crippen LogP) is 3.61. The van der Waals surface area contributed by atoms with E-state index in [9.17, 15) is 14.4 Å². The third-order valence-electron chi connectivity index (χ3n) is 7.26. The summed E-state index contributed by atoms with van der Waals surface area (Å²) in [5.41, 5.74) is 2.43. The van der Waals surface area contributed by atoms with Gasteiger partial charge in [0.1, 0.15) is 17.1 Å². The summed E-state index contributed by atoms with van der Waals surface area (Å²) >= 11 is 0. The maximum atomic E-state index is 12.8. The standard InChI is InChI=1S/C27H30N2O5/c1-18(30)29-13-11-27(12-14-29)16-24(31)22-10-9-20(15-25(22)34-27)33-17-26(32)28-23-8-4-6-19-5-2-3-7-21(19)23/h2-3,5,7,9-10,15,23H,4,6,8,11-14,16-17H2,1H3,(H,28,32)/t23-/m1/s1. The fourth-order valence-corrected chi connectivity index (χ4v) is 5.36. The van der Waals surface area contributed by atoms with Gasteiger partial charge in [-0.15, -0.1) is 0 Å². The average molecular weight is 463 g/mol. The lowest BCUT2D eigenvalue weighted by Gasteiger charge is -2.43. The third-order valence-corrected chi connectivity index (χ3v) is 7.26. The normalized spacial score (nSPS) is 20.7. The Morgan fingerprint density at radius 2 is 1.97 bits per heavy atom. The van der Waals surface area contributed by atoms with Crippen LogP contribution < -0.4 is 14.8 Å². The number of aryl methyl sites for hydroxylation is 1. The molecule has 0 bridgehead atoms. The van der Waals surface area contributed by atoms with Crippen molar-refractivity contribution in [3.8, 4) is 11.5 Å². The average Bonchev–Trinajstić information content (AvgIpc) is 2.83. The topological polar surface area (TPSA) is 84.9 Å². The first-order valence-electron chi connectivity index (χ1n) is 12.0. The Morgan fingerprint density at radius 1 is 1.18 bits per heavy atom. The third kappa shape index (κ3) is 4.52. The summed E-state index contributed by atoms with van der Waals surface area (Å²) in [7, 11) is 0. The van der Waals surface area contributed by atoms with Crippen LogP contribution >= 0.6 is 0 Å². The van der Waals surface area contributed by atoms with Gasteiger partial charge >= 0.3 is 0 Å². The SMILES string of the molecule is CC(=O)N1CCC2(CC1)CC(=O)c1ccc(OCC(=O)N[C@@H]3CCCc4ccccc43)cc1O2. The van der Waals surface area contributed by atoms with E-state index >= 15 is 0 Å². The molecule has 2 aromatic carbocycles. The number of fused-ring (bicyclic) bond motifs is 2. The highest BCUT2D eigenvalue weighted by molar-refractivity contribution is 6.00. The smallest absolute Gasteiger partial charge is 0.258 e. The molecule has 0 unspecified atom stereocenters. The van der Waals surface area contributed by atoms with E-state index in [4.69, 9.17) is 9.47 Å². The monoisotopic (exact) mass is 462 g/mol. The minimum Gasteiger partial charge on any atom is -0.486 e. The van der Waals surface area contributed by atoms with Crippen molar-refractivity contribution in [3.05, 3.63) is 59.2 Å². The highest BCUT2D eigenvalue weighted by Crippen LogP contribution is 2.40. The highest BCUT2D eigenvalue weighted by Gasteiger charge is 2.43. The molecule has 1 atom stereocenters. The van der Waals surface area contributed by atoms with Crippen LogP contribution in [0.3, 0.4) is 0 Å². The lowest BCUT2D eigenvalue weighted by atomic mass is 9.82. The van der Waals surface area contributed by atoms with Crippen LogP contribution in [0.15, 0.2) is 42.5 Å². The van der Waals surface area contributed by atoms with E-state index in [0.29, 0.717) is 49.4 Å². The fraction of sp³-hybridized carbons (Fsp3) is 0.444. The lowest BCUT2D eigenvalue weighted by molar-refractivity contribution is -0.132. The van der Waals surface area contributed by atoms with Crippen LogP contribution in [0.5, 0.6) is 11.5 Å². The summed E-state index contributed by atoms with van der Waals surface area (Å²) in [5, 5.41) is 3.09. The fourth-order valence-electron chi connectivity index (χ4n) is 5.36. The van der Waals surface area contributed by atoms with Crippen molar-refractivity contribution in [2.24, 2.45) is 0 Å². The Labute approximate surface area is 199 Å². The number of carbonyl (C=O) groups excluding carboxylic acids is 3. The maximum Gasteiger partial charge on any atom is 0.258 e. The van der Waals surface area contributed by atoms with Gasteiger partial charge < -0.3 is 19.7 Å². The number of carbonyl (C=O) groups is 3. The zero-order chi connectivity index (χ0) is 23.7. The van der Waals surface area contributed by atoms with Crippen molar-refractivity contribution in [1.29, 1.82) is 0 Å². The van der Waals surface area contributed by atoms with E-state index in [0.717, 1.165) is 19.3 Å². The number of Topliss-reactive ketones (excluding diaryl/α,β-unsaturated/α-hetero) is 1. The molecule has 2 heterocycles. The summed E-state index contributed by atoms with van der Waals surface area (Å²) in [4.78, 5) is 38.9. The minimum absolute atomic E-state index is 0.00580. The van der Waals surface area contributed by atoms with Gasteiger partial charge in [-0.25, -0.2) is 0 Å². The zero-order valence-corrected chi connectivity index (χ0v) is 19.5. The van der Waals surface area contributed by atoms with E-state index in [2.05, 4.69) is 17.4 Å². The molecule has 3 aliphatic rings. The predicted molar refractivity (Wildman–Crippen MR) is 126 cm³/mol. The lowest BCUT2D eigenvalue weighted by Crippen LogP contribution is -2.51. The molecule has 2 amide bonds. The van der Waals surface area contributed by atoms with E-state index in [1.807, 2.05) is 12.1 Å². The molecular formula is C27H30N2O5. The number of nitrogens with one attached hydrogen (secondary N) is 1. The summed E-state index contributed by atoms with van der Waals surface area (Å²) in [6.45, 7) is 2.62. The summed E-state index contributed by atoms with van der Waals surface area (Å²) in [5.74, 6) is 0.890. The van der Waals surface area contributed by atoms with Crippen molar-refractivity contribution in [1.82, 2.24) is 10.2 Å². The number of amides is 2. The Morgan fingerprint density at radius 3 is 2.76 bits per heavy atom. The largest absolute Gasteiger partial charge is 0.486 e. The van der Waals surface area contributed by atoms with Crippen molar-refractivity contribution in [3.63, 3.8) is 0 Å². The van der Waals surface area contributed by atoms with E-state index in [1.165, 1.54) is 11.1 Å². The van der Waals surface area contributed by atoms with Crippen LogP contribution in [-0.4, -0.2) is 47.8 Å². The van der Waals surface area contributed by atoms with E-state index in [1.54, 1.807) is 30.0 Å². The van der Waals surface area contributed by atoms with Crippen LogP contribution in [0.4, 0.5) is 0 Å². The molecule has 34 heavy (non-hydrogen) atoms. The van der Waals surface area contributed by atoms with Gasteiger partial charge in [-0.2, -0.15) is 0 Å². The molecule has 5 rings (SSSR count). The van der Waals surface area contributed by atoms with Crippen LogP contribution in [0.2, 0.25) is 0 Å². The molecule has 1 N–H and O–H groups in total. The first-order chi connectivity index (χ1) is 16.4. The summed E-state index contributed by atoms with van der Waals surface area (Å²) in [6.07, 6.45) is 4.56. The molecule has 0 aromatic heterocycles. The van der Waals surface area contributed by atoms with E-state index < -0.39 is 5.60 Å². The second-order valence-electron chi connectivity index (χ2n) is 9.55. The number of rotatable bonds is 4. The van der Waals surface area contributed by atoms with Gasteiger partial charge in [-0.3, -0.25) is 14.4 Å². The van der Waals surface area contributed by atoms with Crippen molar-refractivity contribution < 1.29 is 23.9 Å². The number of benzene rings is 2. The Balaban J connectivity index is 1.22. The highest BCUT2D eigenvalue weighted by atomic mass is 16.5. The minimum atomic E-state index is -0.583. The van der Waals surface area contributed by atoms with Gasteiger partial charge in [0.15, 0.2) is 12.4 Å². The van der Waals surface area contributed by atoms with Gasteiger partial charge in [0.2, 0.25) is 5.91 Å². The Bertz CT molecular complexity index is 1120. The number of piperidine rings is 1. The Kier molecular flexibility index (Phi) is 6.02. The zero-order valence-electron chi connectivity index (χ0n) is 19.5. The van der Waals surface area contributed by atoms with Gasteiger partial charge in [-0.1, -0.05) is 24.3 Å². The molecule has 1 fully saturated rings. The molecule has 1 aliphatic carbocycles. The van der Waals surface area contributed by atoms with Gasteiger partial charge in [-0.05, 0) is 42.5 Å². The van der Waals surface area contributed by atoms with E-state index in [-0.39, 0.29) is 30.2 Å². The molecular weight excluding hydrogens is 432 g/mol. The number of hydrogen-bond acceptors (Lipinski definition) is 5. The van der Waals surface area contributed by atoms with Crippen LogP contribution in [0.25, 0.3) is 0 Å². The first kappa shape index (κ1) is 22.4. The van der Waals surface area contributed by atoms with Gasteiger partial charge in [0, 0.05) is 38.9 Å². The van der Waals surface area contributed by atoms with Crippen molar-refractivity contribution in [2.75, 3.05) is 19.7 Å². The van der Waals surface area contributed by atoms with Gasteiger partial charge in [0.05, 0.1) is 18.0 Å². The molecule has 7 nitrogen and oxygen atoms in total. The van der Waals surface area contributed by atoms with Crippen LogP contribution in [0.1, 0.15) is 66.6 Å². The molecule has 2 aromatic rings. The number of ketones is 1. The Hall–Kier alpha value is -3.35. The number of nitrogens with zero attached hydrogens (tertiary/aromatic N) is 1. The summed E-state index contributed by atoms with van der Waals surface area (Å²) in [6, 6.07) is 13.4. The van der Waals surface area contributed by atoms with Crippen LogP contribution in [0, 0.1) is 0 Å². The number of ether oxygens (including phenoxy) is 2. The molecule has 178 valence electrons. The second kappa shape index (κ2) is 9.12. The van der Waals surface area contributed by atoms with Crippen LogP contribution in [-0.2, 0) is 16.0 Å². The molecule has 2 aliphatic heterocycles. The molecule has 1 spiro atoms. The van der Waals surface area contributed by atoms with Crippen molar-refractivity contribution in [2.45, 2.75) is 57.1 Å². The molecule has 0 saturated carbocycles. The molecule has 1 saturated heterocycles. The first-order valence-corrected chi connectivity index (χ1v) is 12.0. The second-order valence-corrected chi connectivity index (χ2v) is 9.55. The maximum absolute atomic E-state index is 12.8. The quantitative estimate of drug-likeness (QED) is 0.751. The molecule has 0 radical (unpaired) electrons. The molecule has 7 heteroatoms. The number of likely N-dealkylation sites (tertiary alicyclic amines) is 1. The summed E-state index contributed by atoms with van der Waals surface area (Å²) < 4.78 is 12.1. The van der Waals surface area contributed by atoms with Gasteiger partial charge in [0.25, 0.3) is 5.91 Å². The number of hydrogen-bond donors (Lipinski definition) is 1.